The van der Waals surface area contributed by atoms with Crippen molar-refractivity contribution in [1.82, 2.24) is 20.4 Å². The first-order chi connectivity index (χ1) is 16.0. The number of hydrogen-bond acceptors (Lipinski definition) is 7. The van der Waals surface area contributed by atoms with Crippen LogP contribution in [0.3, 0.4) is 0 Å². The molecule has 2 aromatic carbocycles. The summed E-state index contributed by atoms with van der Waals surface area (Å²) in [5.41, 5.74) is 3.67. The molecule has 3 aromatic rings. The highest BCUT2D eigenvalue weighted by Gasteiger charge is 2.36. The van der Waals surface area contributed by atoms with E-state index in [1.165, 1.54) is 16.7 Å². The predicted molar refractivity (Wildman–Crippen MR) is 124 cm³/mol. The normalized spacial score (nSPS) is 16.0. The minimum absolute atomic E-state index is 0.228. The topological polar surface area (TPSA) is 97.6 Å². The van der Waals surface area contributed by atoms with Gasteiger partial charge in [0.05, 0.1) is 18.2 Å². The van der Waals surface area contributed by atoms with Crippen LogP contribution < -0.4 is 5.32 Å². The molecular formula is C24H24N4O4S. The number of nitrogens with zero attached hydrogens (tertiary/aromatic N) is 3. The summed E-state index contributed by atoms with van der Waals surface area (Å²) >= 11 is 1.26. The zero-order valence-corrected chi connectivity index (χ0v) is 19.4. The van der Waals surface area contributed by atoms with E-state index in [4.69, 9.17) is 9.15 Å². The lowest BCUT2D eigenvalue weighted by molar-refractivity contribution is -0.139. The zero-order valence-electron chi connectivity index (χ0n) is 18.6. The van der Waals surface area contributed by atoms with Gasteiger partial charge in [-0.3, -0.25) is 4.90 Å². The van der Waals surface area contributed by atoms with Crippen LogP contribution in [-0.2, 0) is 9.53 Å². The summed E-state index contributed by atoms with van der Waals surface area (Å²) in [6.07, 6.45) is 0. The lowest BCUT2D eigenvalue weighted by Gasteiger charge is -2.34. The maximum Gasteiger partial charge on any atom is 0.338 e. The smallest absolute Gasteiger partial charge is 0.338 e. The van der Waals surface area contributed by atoms with E-state index >= 15 is 0 Å². The summed E-state index contributed by atoms with van der Waals surface area (Å²) in [5, 5.41) is 11.5. The standard InChI is InChI=1S/C24H24N4O4S/c1-4-31-22(29)19-18(28(3)23(30)25-20(19)16-8-6-5-7-9-16)14-33-24-27-26-21(32-24)17-12-10-15(2)11-13-17/h5-13,20H,4,14H2,1-3H3,(H,25,30). The molecule has 9 heteroatoms. The third-order valence-corrected chi connectivity index (χ3v) is 6.07. The average molecular weight is 465 g/mol. The summed E-state index contributed by atoms with van der Waals surface area (Å²) in [6, 6.07) is 16.2. The number of esters is 1. The Morgan fingerprint density at radius 1 is 1.15 bits per heavy atom. The number of ether oxygens (including phenoxy) is 1. The van der Waals surface area contributed by atoms with Gasteiger partial charge < -0.3 is 14.5 Å². The Hall–Kier alpha value is -3.59. The first-order valence-corrected chi connectivity index (χ1v) is 11.5. The fourth-order valence-corrected chi connectivity index (χ4v) is 4.33. The third kappa shape index (κ3) is 4.93. The highest BCUT2D eigenvalue weighted by Crippen LogP contribution is 2.34. The molecule has 0 spiro atoms. The molecule has 0 fully saturated rings. The summed E-state index contributed by atoms with van der Waals surface area (Å²) in [6.45, 7) is 3.99. The van der Waals surface area contributed by atoms with Gasteiger partial charge in [-0.25, -0.2) is 9.59 Å². The van der Waals surface area contributed by atoms with Gasteiger partial charge in [0, 0.05) is 24.1 Å². The molecule has 1 aromatic heterocycles. The highest BCUT2D eigenvalue weighted by molar-refractivity contribution is 7.99. The van der Waals surface area contributed by atoms with Crippen molar-refractivity contribution >= 4 is 23.8 Å². The van der Waals surface area contributed by atoms with Gasteiger partial charge in [0.1, 0.15) is 0 Å². The summed E-state index contributed by atoms with van der Waals surface area (Å²) < 4.78 is 11.1. The largest absolute Gasteiger partial charge is 0.463 e. The maximum absolute atomic E-state index is 13.0. The summed E-state index contributed by atoms with van der Waals surface area (Å²) in [5.74, 6) is 0.213. The Kier molecular flexibility index (Phi) is 6.79. The van der Waals surface area contributed by atoms with E-state index in [1.807, 2.05) is 61.5 Å². The Morgan fingerprint density at radius 3 is 2.58 bits per heavy atom. The van der Waals surface area contributed by atoms with E-state index in [0.717, 1.165) is 16.7 Å². The van der Waals surface area contributed by atoms with Gasteiger partial charge in [0.2, 0.25) is 5.89 Å². The number of benzene rings is 2. The van der Waals surface area contributed by atoms with Gasteiger partial charge in [0.25, 0.3) is 5.22 Å². The highest BCUT2D eigenvalue weighted by atomic mass is 32.2. The first-order valence-electron chi connectivity index (χ1n) is 10.5. The van der Waals surface area contributed by atoms with Crippen LogP contribution in [0.15, 0.2) is 75.5 Å². The molecule has 2 amide bonds. The van der Waals surface area contributed by atoms with Crippen molar-refractivity contribution in [3.05, 3.63) is 77.0 Å². The lowest BCUT2D eigenvalue weighted by atomic mass is 9.95. The zero-order chi connectivity index (χ0) is 23.4. The molecule has 33 heavy (non-hydrogen) atoms. The maximum atomic E-state index is 13.0. The number of amides is 2. The molecule has 1 unspecified atom stereocenters. The summed E-state index contributed by atoms with van der Waals surface area (Å²) in [4.78, 5) is 27.1. The number of urea groups is 1. The SMILES string of the molecule is CCOC(=O)C1=C(CSc2nnc(-c3ccc(C)cc3)o2)N(C)C(=O)NC1c1ccccc1. The minimum atomic E-state index is -0.615. The van der Waals surface area contributed by atoms with Gasteiger partial charge in [-0.15, -0.1) is 10.2 Å². The van der Waals surface area contributed by atoms with E-state index in [9.17, 15) is 9.59 Å². The van der Waals surface area contributed by atoms with Crippen molar-refractivity contribution in [2.75, 3.05) is 19.4 Å². The van der Waals surface area contributed by atoms with Gasteiger partial charge >= 0.3 is 12.0 Å². The fourth-order valence-electron chi connectivity index (χ4n) is 3.49. The van der Waals surface area contributed by atoms with Crippen molar-refractivity contribution in [2.24, 2.45) is 0 Å². The second-order valence-electron chi connectivity index (χ2n) is 7.46. The molecule has 1 aliphatic heterocycles. The first kappa shape index (κ1) is 22.6. The Labute approximate surface area is 196 Å². The second-order valence-corrected chi connectivity index (χ2v) is 8.39. The molecule has 1 N–H and O–H groups in total. The molecule has 0 radical (unpaired) electrons. The number of aromatic nitrogens is 2. The number of rotatable bonds is 7. The molecule has 4 rings (SSSR count). The van der Waals surface area contributed by atoms with Gasteiger partial charge in [-0.1, -0.05) is 59.8 Å². The van der Waals surface area contributed by atoms with Gasteiger partial charge in [0.15, 0.2) is 0 Å². The molecule has 2 heterocycles. The molecule has 8 nitrogen and oxygen atoms in total. The van der Waals surface area contributed by atoms with Crippen molar-refractivity contribution in [3.8, 4) is 11.5 Å². The van der Waals surface area contributed by atoms with Crippen LogP contribution >= 0.6 is 11.8 Å². The summed E-state index contributed by atoms with van der Waals surface area (Å²) in [7, 11) is 1.62. The van der Waals surface area contributed by atoms with E-state index in [0.29, 0.717) is 22.4 Å². The third-order valence-electron chi connectivity index (χ3n) is 5.24. The molecule has 0 bridgehead atoms. The fraction of sp³-hybridized carbons (Fsp3) is 0.250. The van der Waals surface area contributed by atoms with Crippen LogP contribution in [0.2, 0.25) is 0 Å². The number of aryl methyl sites for hydroxylation is 1. The van der Waals surface area contributed by atoms with E-state index < -0.39 is 12.0 Å². The van der Waals surface area contributed by atoms with Crippen molar-refractivity contribution in [1.29, 1.82) is 0 Å². The van der Waals surface area contributed by atoms with Crippen molar-refractivity contribution < 1.29 is 18.7 Å². The van der Waals surface area contributed by atoms with Crippen LogP contribution in [0, 0.1) is 6.92 Å². The van der Waals surface area contributed by atoms with E-state index in [2.05, 4.69) is 15.5 Å². The lowest BCUT2D eigenvalue weighted by Crippen LogP contribution is -2.47. The predicted octanol–water partition coefficient (Wildman–Crippen LogP) is 4.35. The number of carbonyl (C=O) groups excluding carboxylic acids is 2. The molecule has 0 aliphatic carbocycles. The monoisotopic (exact) mass is 464 g/mol. The van der Waals surface area contributed by atoms with Gasteiger partial charge in [-0.2, -0.15) is 0 Å². The molecule has 1 aliphatic rings. The quantitative estimate of drug-likeness (QED) is 0.410. The van der Waals surface area contributed by atoms with Crippen LogP contribution in [0.4, 0.5) is 4.79 Å². The number of nitrogens with one attached hydrogen (secondary N) is 1. The van der Waals surface area contributed by atoms with Crippen LogP contribution in [-0.4, -0.2) is 46.5 Å². The Bertz CT molecular complexity index is 1170. The number of hydrogen-bond donors (Lipinski definition) is 1. The van der Waals surface area contributed by atoms with Crippen molar-refractivity contribution in [3.63, 3.8) is 0 Å². The number of carbonyl (C=O) groups is 2. The van der Waals surface area contributed by atoms with Crippen LogP contribution in [0.5, 0.6) is 0 Å². The Morgan fingerprint density at radius 2 is 1.88 bits per heavy atom. The minimum Gasteiger partial charge on any atom is -0.463 e. The van der Waals surface area contributed by atoms with Crippen molar-refractivity contribution in [2.45, 2.75) is 25.1 Å². The van der Waals surface area contributed by atoms with E-state index in [-0.39, 0.29) is 18.4 Å². The molecule has 0 saturated carbocycles. The molecular weight excluding hydrogens is 440 g/mol. The second kappa shape index (κ2) is 9.91. The average Bonchev–Trinajstić information content (AvgIpc) is 3.30. The van der Waals surface area contributed by atoms with Gasteiger partial charge in [-0.05, 0) is 31.5 Å². The Balaban J connectivity index is 1.64. The molecule has 0 saturated heterocycles. The van der Waals surface area contributed by atoms with Crippen LogP contribution in [0.25, 0.3) is 11.5 Å². The number of thioether (sulfide) groups is 1. The van der Waals surface area contributed by atoms with Crippen LogP contribution in [0.1, 0.15) is 24.1 Å². The molecule has 1 atom stereocenters. The van der Waals surface area contributed by atoms with E-state index in [1.54, 1.807) is 14.0 Å². The molecule has 170 valence electrons.